The number of carbonyl (C=O) groups excluding carboxylic acids is 1. The molecule has 0 spiro atoms. The first-order chi connectivity index (χ1) is 8.40. The molecule has 96 valence electrons. The number of hydrogen-bond acceptors (Lipinski definition) is 2. The van der Waals surface area contributed by atoms with Crippen LogP contribution in [0.4, 0.5) is 18.9 Å². The molecule has 1 aromatic rings. The topological polar surface area (TPSA) is 66.4 Å². The zero-order chi connectivity index (χ0) is 13.4. The third kappa shape index (κ3) is 2.29. The number of aliphatic carboxylic acids is 1. The summed E-state index contributed by atoms with van der Waals surface area (Å²) < 4.78 is 39.0. The minimum Gasteiger partial charge on any atom is -0.481 e. The molecular weight excluding hydrogens is 251 g/mol. The smallest absolute Gasteiger partial charge is 0.307 e. The van der Waals surface area contributed by atoms with Crippen LogP contribution in [0.25, 0.3) is 0 Å². The van der Waals surface area contributed by atoms with Gasteiger partial charge in [-0.3, -0.25) is 9.59 Å². The lowest BCUT2D eigenvalue weighted by Crippen LogP contribution is -2.18. The van der Waals surface area contributed by atoms with Crippen molar-refractivity contribution in [3.05, 3.63) is 29.6 Å². The van der Waals surface area contributed by atoms with Gasteiger partial charge in [0.1, 0.15) is 11.5 Å². The van der Waals surface area contributed by atoms with Crippen LogP contribution < -0.4 is 5.32 Å². The molecule has 0 bridgehead atoms. The number of hydrogen-bond donors (Lipinski definition) is 2. The summed E-state index contributed by atoms with van der Waals surface area (Å²) in [5.41, 5.74) is -0.766. The monoisotopic (exact) mass is 259 g/mol. The first-order valence-electron chi connectivity index (χ1n) is 5.08. The molecule has 0 aliphatic heterocycles. The fraction of sp³-hybridized carbons (Fsp3) is 0.273. The molecule has 0 unspecified atom stereocenters. The van der Waals surface area contributed by atoms with Gasteiger partial charge in [0.25, 0.3) is 0 Å². The molecule has 2 rings (SSSR count). The molecule has 1 aromatic carbocycles. The molecule has 0 heterocycles. The lowest BCUT2D eigenvalue weighted by Gasteiger charge is -2.07. The van der Waals surface area contributed by atoms with Crippen molar-refractivity contribution in [2.45, 2.75) is 6.42 Å². The Balaban J connectivity index is 2.11. The molecule has 2 atom stereocenters. The Morgan fingerprint density at radius 3 is 2.17 bits per heavy atom. The maximum Gasteiger partial charge on any atom is 0.307 e. The Bertz CT molecular complexity index is 509. The number of anilines is 1. The van der Waals surface area contributed by atoms with Crippen LogP contribution >= 0.6 is 0 Å². The number of carbonyl (C=O) groups is 2. The van der Waals surface area contributed by atoms with E-state index in [9.17, 15) is 22.8 Å². The molecule has 0 radical (unpaired) electrons. The van der Waals surface area contributed by atoms with Gasteiger partial charge in [-0.15, -0.1) is 0 Å². The first kappa shape index (κ1) is 12.4. The van der Waals surface area contributed by atoms with E-state index in [1.54, 1.807) is 0 Å². The summed E-state index contributed by atoms with van der Waals surface area (Å²) in [7, 11) is 0. The summed E-state index contributed by atoms with van der Waals surface area (Å²) in [4.78, 5) is 22.0. The van der Waals surface area contributed by atoms with E-state index in [1.165, 1.54) is 0 Å². The highest BCUT2D eigenvalue weighted by atomic mass is 19.1. The fourth-order valence-electron chi connectivity index (χ4n) is 1.64. The normalized spacial score (nSPS) is 21.5. The molecule has 0 aromatic heterocycles. The summed E-state index contributed by atoms with van der Waals surface area (Å²) >= 11 is 0. The number of carboxylic acids is 1. The Hall–Kier alpha value is -2.05. The van der Waals surface area contributed by atoms with Crippen LogP contribution in [-0.4, -0.2) is 17.0 Å². The second kappa shape index (κ2) is 4.32. The van der Waals surface area contributed by atoms with E-state index < -0.39 is 46.9 Å². The molecule has 4 nitrogen and oxygen atoms in total. The van der Waals surface area contributed by atoms with Crippen molar-refractivity contribution in [1.82, 2.24) is 0 Å². The van der Waals surface area contributed by atoms with E-state index in [1.807, 2.05) is 5.32 Å². The lowest BCUT2D eigenvalue weighted by atomic mass is 10.2. The zero-order valence-corrected chi connectivity index (χ0v) is 8.91. The number of benzene rings is 1. The van der Waals surface area contributed by atoms with Crippen molar-refractivity contribution in [1.29, 1.82) is 0 Å². The fourth-order valence-corrected chi connectivity index (χ4v) is 1.64. The number of rotatable bonds is 3. The van der Waals surface area contributed by atoms with Gasteiger partial charge in [-0.2, -0.15) is 0 Å². The van der Waals surface area contributed by atoms with Gasteiger partial charge < -0.3 is 10.4 Å². The second-order valence-electron chi connectivity index (χ2n) is 4.02. The van der Waals surface area contributed by atoms with Crippen LogP contribution in [0.1, 0.15) is 6.42 Å². The van der Waals surface area contributed by atoms with Crippen molar-refractivity contribution in [3.63, 3.8) is 0 Å². The van der Waals surface area contributed by atoms with Crippen molar-refractivity contribution in [3.8, 4) is 0 Å². The van der Waals surface area contributed by atoms with Gasteiger partial charge in [0, 0.05) is 12.1 Å². The Labute approximate surface area is 99.4 Å². The summed E-state index contributed by atoms with van der Waals surface area (Å²) in [5, 5.41) is 10.5. The van der Waals surface area contributed by atoms with Crippen LogP contribution in [0.3, 0.4) is 0 Å². The van der Waals surface area contributed by atoms with Gasteiger partial charge in [0.15, 0.2) is 11.6 Å². The molecule has 18 heavy (non-hydrogen) atoms. The summed E-state index contributed by atoms with van der Waals surface area (Å²) in [6.45, 7) is 0. The van der Waals surface area contributed by atoms with Gasteiger partial charge in [-0.05, 0) is 6.42 Å². The van der Waals surface area contributed by atoms with Gasteiger partial charge in [-0.1, -0.05) is 0 Å². The molecule has 1 saturated carbocycles. The summed E-state index contributed by atoms with van der Waals surface area (Å²) in [6.07, 6.45) is 0.131. The Kier molecular flexibility index (Phi) is 2.98. The average molecular weight is 259 g/mol. The molecular formula is C11H8F3NO3. The molecule has 1 amide bonds. The third-order valence-corrected chi connectivity index (χ3v) is 2.70. The van der Waals surface area contributed by atoms with E-state index in [4.69, 9.17) is 5.11 Å². The van der Waals surface area contributed by atoms with E-state index >= 15 is 0 Å². The lowest BCUT2D eigenvalue weighted by molar-refractivity contribution is -0.139. The van der Waals surface area contributed by atoms with Crippen molar-refractivity contribution in [2.75, 3.05) is 5.32 Å². The predicted octanol–water partition coefficient (Wildman–Crippen LogP) is 1.76. The number of nitrogens with one attached hydrogen (secondary N) is 1. The number of carboxylic acid groups (broad SMARTS) is 1. The standard InChI is InChI=1S/C11H8F3NO3/c12-4-1-7(13)9(8(14)2-4)15-10(16)5-3-6(5)11(17)18/h1-2,5-6H,3H2,(H,15,16)(H,17,18)/t5-,6+/m1/s1. The van der Waals surface area contributed by atoms with Gasteiger partial charge >= 0.3 is 5.97 Å². The Morgan fingerprint density at radius 1 is 1.17 bits per heavy atom. The molecule has 0 saturated heterocycles. The van der Waals surface area contributed by atoms with Crippen LogP contribution in [0, 0.1) is 29.3 Å². The number of halogens is 3. The second-order valence-corrected chi connectivity index (χ2v) is 4.02. The van der Waals surface area contributed by atoms with Gasteiger partial charge in [-0.25, -0.2) is 13.2 Å². The van der Waals surface area contributed by atoms with Gasteiger partial charge in [0.05, 0.1) is 11.8 Å². The van der Waals surface area contributed by atoms with Crippen LogP contribution in [0.5, 0.6) is 0 Å². The molecule has 1 fully saturated rings. The Morgan fingerprint density at radius 2 is 1.72 bits per heavy atom. The molecule has 7 heteroatoms. The highest BCUT2D eigenvalue weighted by molar-refractivity contribution is 5.98. The van der Waals surface area contributed by atoms with E-state index in [-0.39, 0.29) is 6.42 Å². The van der Waals surface area contributed by atoms with Crippen LogP contribution in [0.2, 0.25) is 0 Å². The first-order valence-corrected chi connectivity index (χ1v) is 5.08. The van der Waals surface area contributed by atoms with Gasteiger partial charge in [0.2, 0.25) is 5.91 Å². The minimum atomic E-state index is -1.24. The average Bonchev–Trinajstić information content (AvgIpc) is 3.02. The van der Waals surface area contributed by atoms with Crippen LogP contribution in [0.15, 0.2) is 12.1 Å². The highest BCUT2D eigenvalue weighted by Crippen LogP contribution is 2.39. The SMILES string of the molecule is O=C(O)[C@H]1C[C@H]1C(=O)Nc1c(F)cc(F)cc1F. The maximum absolute atomic E-state index is 13.2. The zero-order valence-electron chi connectivity index (χ0n) is 8.91. The van der Waals surface area contributed by atoms with E-state index in [0.717, 1.165) is 0 Å². The van der Waals surface area contributed by atoms with E-state index in [0.29, 0.717) is 12.1 Å². The van der Waals surface area contributed by atoms with Crippen molar-refractivity contribution < 1.29 is 27.9 Å². The number of amides is 1. The minimum absolute atomic E-state index is 0.131. The predicted molar refractivity (Wildman–Crippen MR) is 54.2 cm³/mol. The largest absolute Gasteiger partial charge is 0.481 e. The van der Waals surface area contributed by atoms with Crippen molar-refractivity contribution >= 4 is 17.6 Å². The van der Waals surface area contributed by atoms with Crippen LogP contribution in [-0.2, 0) is 9.59 Å². The third-order valence-electron chi connectivity index (χ3n) is 2.70. The summed E-state index contributed by atoms with van der Waals surface area (Å²) in [5.74, 6) is -7.12. The maximum atomic E-state index is 13.2. The van der Waals surface area contributed by atoms with E-state index in [2.05, 4.69) is 0 Å². The molecule has 1 aliphatic carbocycles. The molecule has 1 aliphatic rings. The summed E-state index contributed by atoms with van der Waals surface area (Å²) in [6, 6.07) is 0.862. The quantitative estimate of drug-likeness (QED) is 0.869. The molecule has 2 N–H and O–H groups in total. The van der Waals surface area contributed by atoms with Crippen molar-refractivity contribution in [2.24, 2.45) is 11.8 Å². The highest BCUT2D eigenvalue weighted by Gasteiger charge is 2.48.